The van der Waals surface area contributed by atoms with Crippen LogP contribution in [0.25, 0.3) is 22.1 Å². The summed E-state index contributed by atoms with van der Waals surface area (Å²) in [5, 5.41) is 15.9. The van der Waals surface area contributed by atoms with Gasteiger partial charge < -0.3 is 4.52 Å². The van der Waals surface area contributed by atoms with Gasteiger partial charge in [-0.3, -0.25) is 4.57 Å². The van der Waals surface area contributed by atoms with Crippen molar-refractivity contribution >= 4 is 23.1 Å². The molecule has 0 atom stereocenters. The molecule has 1 aromatic carbocycles. The van der Waals surface area contributed by atoms with E-state index in [1.54, 1.807) is 23.1 Å². The standard InChI is InChI=1S/C19H17N5OS2/c1-12-4-6-13(7-5-12)17-20-16(25-23-17)11-27-19-22-21-18(15-3-2-10-26-15)24(19)14-8-9-14/h2-7,10,14H,8-9,11H2,1H3. The largest absolute Gasteiger partial charge is 0.338 e. The zero-order valence-corrected chi connectivity index (χ0v) is 16.3. The van der Waals surface area contributed by atoms with E-state index in [9.17, 15) is 0 Å². The van der Waals surface area contributed by atoms with Gasteiger partial charge in [-0.25, -0.2) is 0 Å². The minimum atomic E-state index is 0.505. The summed E-state index contributed by atoms with van der Waals surface area (Å²) in [5.41, 5.74) is 2.17. The van der Waals surface area contributed by atoms with Crippen molar-refractivity contribution in [1.29, 1.82) is 0 Å². The first-order valence-corrected chi connectivity index (χ1v) is 10.7. The average molecular weight is 396 g/mol. The first kappa shape index (κ1) is 16.7. The molecule has 5 rings (SSSR count). The van der Waals surface area contributed by atoms with Gasteiger partial charge >= 0.3 is 0 Å². The molecule has 136 valence electrons. The number of aromatic nitrogens is 5. The minimum Gasteiger partial charge on any atom is -0.338 e. The van der Waals surface area contributed by atoms with Gasteiger partial charge in [0.25, 0.3) is 0 Å². The Bertz CT molecular complexity index is 1050. The SMILES string of the molecule is Cc1ccc(-c2noc(CSc3nnc(-c4cccs4)n3C3CC3)n2)cc1. The first-order chi connectivity index (χ1) is 13.3. The number of benzene rings is 1. The predicted molar refractivity (Wildman–Crippen MR) is 106 cm³/mol. The highest BCUT2D eigenvalue weighted by molar-refractivity contribution is 7.98. The molecule has 1 saturated carbocycles. The predicted octanol–water partition coefficient (Wildman–Crippen LogP) is 4.99. The van der Waals surface area contributed by atoms with Crippen LogP contribution in [-0.4, -0.2) is 24.9 Å². The van der Waals surface area contributed by atoms with Crippen LogP contribution in [0, 0.1) is 6.92 Å². The molecule has 0 amide bonds. The Hall–Kier alpha value is -2.45. The summed E-state index contributed by atoms with van der Waals surface area (Å²) in [6.45, 7) is 2.06. The molecule has 0 unspecified atom stereocenters. The van der Waals surface area contributed by atoms with Crippen molar-refractivity contribution in [2.45, 2.75) is 36.7 Å². The summed E-state index contributed by atoms with van der Waals surface area (Å²) < 4.78 is 7.69. The number of hydrogen-bond acceptors (Lipinski definition) is 7. The van der Waals surface area contributed by atoms with E-state index in [0.29, 0.717) is 23.5 Å². The quantitative estimate of drug-likeness (QED) is 0.428. The number of nitrogens with zero attached hydrogens (tertiary/aromatic N) is 5. The highest BCUT2D eigenvalue weighted by Crippen LogP contribution is 2.42. The number of hydrogen-bond donors (Lipinski definition) is 0. The molecular formula is C19H17N5OS2. The molecular weight excluding hydrogens is 378 g/mol. The Kier molecular flexibility index (Phi) is 4.29. The summed E-state index contributed by atoms with van der Waals surface area (Å²) in [6, 6.07) is 12.7. The van der Waals surface area contributed by atoms with Gasteiger partial charge in [0.15, 0.2) is 11.0 Å². The zero-order chi connectivity index (χ0) is 18.2. The molecule has 27 heavy (non-hydrogen) atoms. The molecule has 0 N–H and O–H groups in total. The minimum absolute atomic E-state index is 0.505. The van der Waals surface area contributed by atoms with Gasteiger partial charge in [0.2, 0.25) is 11.7 Å². The maximum atomic E-state index is 5.43. The second-order valence-electron chi connectivity index (χ2n) is 6.55. The summed E-state index contributed by atoms with van der Waals surface area (Å²) in [5.74, 6) is 2.75. The summed E-state index contributed by atoms with van der Waals surface area (Å²) >= 11 is 3.29. The van der Waals surface area contributed by atoms with Gasteiger partial charge in [-0.1, -0.05) is 52.8 Å². The van der Waals surface area contributed by atoms with Gasteiger partial charge in [-0.2, -0.15) is 4.98 Å². The van der Waals surface area contributed by atoms with Gasteiger partial charge in [-0.15, -0.1) is 21.5 Å². The van der Waals surface area contributed by atoms with Crippen LogP contribution in [0.4, 0.5) is 0 Å². The van der Waals surface area contributed by atoms with Crippen LogP contribution < -0.4 is 0 Å². The average Bonchev–Trinajstić information content (AvgIpc) is 3.10. The first-order valence-electron chi connectivity index (χ1n) is 8.79. The van der Waals surface area contributed by atoms with E-state index in [1.165, 1.54) is 18.4 Å². The fourth-order valence-electron chi connectivity index (χ4n) is 2.87. The van der Waals surface area contributed by atoms with Crippen LogP contribution >= 0.6 is 23.1 Å². The van der Waals surface area contributed by atoms with E-state index >= 15 is 0 Å². The lowest BCUT2D eigenvalue weighted by Crippen LogP contribution is -1.99. The van der Waals surface area contributed by atoms with E-state index in [4.69, 9.17) is 4.52 Å². The lowest BCUT2D eigenvalue weighted by Gasteiger charge is -2.06. The topological polar surface area (TPSA) is 69.6 Å². The highest BCUT2D eigenvalue weighted by atomic mass is 32.2. The van der Waals surface area contributed by atoms with E-state index in [0.717, 1.165) is 21.4 Å². The Balaban J connectivity index is 1.34. The number of rotatable bonds is 6. The van der Waals surface area contributed by atoms with E-state index in [1.807, 2.05) is 30.3 Å². The van der Waals surface area contributed by atoms with Crippen molar-refractivity contribution in [1.82, 2.24) is 24.9 Å². The van der Waals surface area contributed by atoms with Crippen LogP contribution in [0.15, 0.2) is 51.5 Å². The normalized spacial score (nSPS) is 14.0. The third-order valence-electron chi connectivity index (χ3n) is 4.42. The fourth-order valence-corrected chi connectivity index (χ4v) is 4.42. The Morgan fingerprint density at radius 3 is 2.78 bits per heavy atom. The molecule has 1 aliphatic rings. The van der Waals surface area contributed by atoms with E-state index < -0.39 is 0 Å². The Morgan fingerprint density at radius 1 is 1.19 bits per heavy atom. The van der Waals surface area contributed by atoms with Gasteiger partial charge in [0.05, 0.1) is 10.6 Å². The molecule has 6 nitrogen and oxygen atoms in total. The van der Waals surface area contributed by atoms with Crippen molar-refractivity contribution < 1.29 is 4.52 Å². The molecule has 0 saturated heterocycles. The monoisotopic (exact) mass is 395 g/mol. The number of aryl methyl sites for hydroxylation is 1. The van der Waals surface area contributed by atoms with Gasteiger partial charge in [0.1, 0.15) is 0 Å². The second-order valence-corrected chi connectivity index (χ2v) is 8.44. The lowest BCUT2D eigenvalue weighted by atomic mass is 10.1. The van der Waals surface area contributed by atoms with Crippen molar-refractivity contribution in [2.75, 3.05) is 0 Å². The molecule has 4 aromatic rings. The highest BCUT2D eigenvalue weighted by Gasteiger charge is 2.30. The summed E-state index contributed by atoms with van der Waals surface area (Å²) in [4.78, 5) is 5.67. The smallest absolute Gasteiger partial charge is 0.237 e. The maximum absolute atomic E-state index is 5.43. The van der Waals surface area contributed by atoms with Gasteiger partial charge in [-0.05, 0) is 31.2 Å². The van der Waals surface area contributed by atoms with Crippen LogP contribution in [0.1, 0.15) is 30.3 Å². The molecule has 0 bridgehead atoms. The number of thioether (sulfide) groups is 1. The van der Waals surface area contributed by atoms with Gasteiger partial charge in [0, 0.05) is 11.6 Å². The van der Waals surface area contributed by atoms with Crippen LogP contribution in [0.5, 0.6) is 0 Å². The Morgan fingerprint density at radius 2 is 2.04 bits per heavy atom. The molecule has 1 fully saturated rings. The molecule has 1 aliphatic carbocycles. The molecule has 3 aromatic heterocycles. The van der Waals surface area contributed by atoms with Crippen LogP contribution in [0.2, 0.25) is 0 Å². The molecule has 3 heterocycles. The molecule has 8 heteroatoms. The Labute approximate surface area is 164 Å². The fraction of sp³-hybridized carbons (Fsp3) is 0.263. The maximum Gasteiger partial charge on any atom is 0.237 e. The molecule has 0 radical (unpaired) electrons. The number of thiophene rings is 1. The summed E-state index contributed by atoms with van der Waals surface area (Å²) in [6.07, 6.45) is 2.37. The van der Waals surface area contributed by atoms with Crippen molar-refractivity contribution in [2.24, 2.45) is 0 Å². The van der Waals surface area contributed by atoms with Crippen molar-refractivity contribution in [3.8, 4) is 22.1 Å². The van der Waals surface area contributed by atoms with Crippen LogP contribution in [-0.2, 0) is 5.75 Å². The third kappa shape index (κ3) is 3.42. The molecule has 0 aliphatic heterocycles. The zero-order valence-electron chi connectivity index (χ0n) is 14.7. The van der Waals surface area contributed by atoms with E-state index in [-0.39, 0.29) is 0 Å². The van der Waals surface area contributed by atoms with Crippen molar-refractivity contribution in [3.05, 3.63) is 53.2 Å². The third-order valence-corrected chi connectivity index (χ3v) is 6.21. The van der Waals surface area contributed by atoms with E-state index in [2.05, 4.69) is 43.3 Å². The summed E-state index contributed by atoms with van der Waals surface area (Å²) in [7, 11) is 0. The second kappa shape index (κ2) is 6.94. The van der Waals surface area contributed by atoms with Crippen molar-refractivity contribution in [3.63, 3.8) is 0 Å². The molecule has 0 spiro atoms. The lowest BCUT2D eigenvalue weighted by molar-refractivity contribution is 0.391. The van der Waals surface area contributed by atoms with Crippen LogP contribution in [0.3, 0.4) is 0 Å².